The van der Waals surface area contributed by atoms with Gasteiger partial charge in [-0.25, -0.2) is 13.2 Å². The molecule has 2 rings (SSSR count). The Morgan fingerprint density at radius 3 is 2.28 bits per heavy atom. The van der Waals surface area contributed by atoms with E-state index in [0.29, 0.717) is 12.5 Å². The zero-order valence-corrected chi connectivity index (χ0v) is 16.2. The van der Waals surface area contributed by atoms with E-state index in [4.69, 9.17) is 0 Å². The number of amides is 2. The Balaban J connectivity index is 1.83. The molecule has 5 nitrogen and oxygen atoms in total. The van der Waals surface area contributed by atoms with Crippen molar-refractivity contribution in [3.05, 3.63) is 35.4 Å². The lowest BCUT2D eigenvalue weighted by Gasteiger charge is -2.31. The van der Waals surface area contributed by atoms with E-state index in [2.05, 4.69) is 24.5 Å². The van der Waals surface area contributed by atoms with Crippen molar-refractivity contribution in [1.82, 2.24) is 10.6 Å². The fraction of sp³-hybridized carbons (Fsp3) is 0.632. The van der Waals surface area contributed by atoms with E-state index >= 15 is 0 Å². The Morgan fingerprint density at radius 2 is 1.72 bits per heavy atom. The van der Waals surface area contributed by atoms with Crippen LogP contribution in [-0.2, 0) is 22.1 Å². The highest BCUT2D eigenvalue weighted by molar-refractivity contribution is 7.89. The summed E-state index contributed by atoms with van der Waals surface area (Å²) in [5.74, 6) is 1.47. The average Bonchev–Trinajstić information content (AvgIpc) is 2.53. The third kappa shape index (κ3) is 6.69. The number of carbonyl (C=O) groups is 1. The molecule has 6 heteroatoms. The average molecular weight is 367 g/mol. The predicted molar refractivity (Wildman–Crippen MR) is 101 cm³/mol. The molecule has 140 valence electrons. The molecule has 1 aromatic carbocycles. The lowest BCUT2D eigenvalue weighted by molar-refractivity contribution is 0.215. The van der Waals surface area contributed by atoms with E-state index in [1.165, 1.54) is 19.1 Å². The normalized spacial score (nSPS) is 21.1. The van der Waals surface area contributed by atoms with E-state index in [9.17, 15) is 13.2 Å². The monoisotopic (exact) mass is 366 g/mol. The van der Waals surface area contributed by atoms with Crippen LogP contribution in [0.2, 0.25) is 0 Å². The van der Waals surface area contributed by atoms with Gasteiger partial charge >= 0.3 is 6.03 Å². The van der Waals surface area contributed by atoms with Gasteiger partial charge in [-0.15, -0.1) is 0 Å². The Bertz CT molecular complexity index is 678. The highest BCUT2D eigenvalue weighted by Crippen LogP contribution is 2.29. The van der Waals surface area contributed by atoms with Crippen LogP contribution in [0.1, 0.15) is 50.7 Å². The van der Waals surface area contributed by atoms with Crippen molar-refractivity contribution in [2.75, 3.05) is 6.26 Å². The minimum Gasteiger partial charge on any atom is -0.335 e. The number of hydrogen-bond acceptors (Lipinski definition) is 3. The van der Waals surface area contributed by atoms with Gasteiger partial charge in [-0.2, -0.15) is 0 Å². The predicted octanol–water partition coefficient (Wildman–Crippen LogP) is 3.25. The first kappa shape index (κ1) is 19.8. The molecule has 2 amide bonds. The smallest absolute Gasteiger partial charge is 0.315 e. The molecule has 1 fully saturated rings. The van der Waals surface area contributed by atoms with Crippen LogP contribution in [0.5, 0.6) is 0 Å². The van der Waals surface area contributed by atoms with E-state index in [0.717, 1.165) is 29.9 Å². The van der Waals surface area contributed by atoms with E-state index < -0.39 is 9.84 Å². The third-order valence-corrected chi connectivity index (χ3v) is 5.86. The van der Waals surface area contributed by atoms with Gasteiger partial charge in [0.2, 0.25) is 0 Å². The highest BCUT2D eigenvalue weighted by atomic mass is 32.2. The van der Waals surface area contributed by atoms with E-state index in [1.54, 1.807) is 6.07 Å². The molecule has 0 atom stereocenters. The summed E-state index contributed by atoms with van der Waals surface area (Å²) in [6, 6.07) is 7.38. The van der Waals surface area contributed by atoms with Gasteiger partial charge in [-0.05, 0) is 48.6 Å². The summed E-state index contributed by atoms with van der Waals surface area (Å²) in [5.41, 5.74) is 1.58. The van der Waals surface area contributed by atoms with Gasteiger partial charge in [-0.3, -0.25) is 0 Å². The number of nitrogens with one attached hydrogen (secondary N) is 2. The Morgan fingerprint density at radius 1 is 1.12 bits per heavy atom. The number of carbonyl (C=O) groups excluding carboxylic acids is 1. The lowest BCUT2D eigenvalue weighted by Crippen LogP contribution is -2.43. The van der Waals surface area contributed by atoms with Crippen molar-refractivity contribution in [3.63, 3.8) is 0 Å². The Kier molecular flexibility index (Phi) is 6.87. The second-order valence-electron chi connectivity index (χ2n) is 7.52. The molecule has 0 saturated heterocycles. The van der Waals surface area contributed by atoms with Gasteiger partial charge in [0.15, 0.2) is 9.84 Å². The van der Waals surface area contributed by atoms with E-state index in [-0.39, 0.29) is 17.8 Å². The minimum atomic E-state index is -3.10. The molecule has 0 aliphatic heterocycles. The van der Waals surface area contributed by atoms with Gasteiger partial charge in [0.25, 0.3) is 0 Å². The van der Waals surface area contributed by atoms with E-state index in [1.807, 2.05) is 18.2 Å². The van der Waals surface area contributed by atoms with Crippen molar-refractivity contribution in [1.29, 1.82) is 0 Å². The van der Waals surface area contributed by atoms with Crippen molar-refractivity contribution in [2.45, 2.75) is 57.9 Å². The lowest BCUT2D eigenvalue weighted by atomic mass is 9.80. The summed E-state index contributed by atoms with van der Waals surface area (Å²) >= 11 is 0. The zero-order chi connectivity index (χ0) is 18.4. The molecule has 2 N–H and O–H groups in total. The van der Waals surface area contributed by atoms with Crippen LogP contribution in [-0.4, -0.2) is 26.7 Å². The van der Waals surface area contributed by atoms with Crippen molar-refractivity contribution < 1.29 is 13.2 Å². The molecular formula is C19H30N2O3S. The van der Waals surface area contributed by atoms with Gasteiger partial charge < -0.3 is 10.6 Å². The van der Waals surface area contributed by atoms with Crippen molar-refractivity contribution in [2.24, 2.45) is 11.8 Å². The molecule has 1 aliphatic rings. The number of rotatable bonds is 6. The van der Waals surface area contributed by atoms with Crippen LogP contribution < -0.4 is 10.6 Å². The molecule has 0 bridgehead atoms. The molecular weight excluding hydrogens is 336 g/mol. The zero-order valence-electron chi connectivity index (χ0n) is 15.4. The van der Waals surface area contributed by atoms with Gasteiger partial charge in [0.05, 0.1) is 5.75 Å². The molecule has 1 aromatic rings. The molecule has 1 saturated carbocycles. The maximum absolute atomic E-state index is 12.2. The van der Waals surface area contributed by atoms with Gasteiger partial charge in [-0.1, -0.05) is 38.1 Å². The minimum absolute atomic E-state index is 0.00825. The topological polar surface area (TPSA) is 75.3 Å². The standard InChI is InChI=1S/C19H30N2O3S/c1-14(2)15-8-10-18(11-9-15)21-19(22)20-12-16-6-4-5-7-17(16)13-25(3,23)24/h4-7,14-15,18H,8-13H2,1-3H3,(H2,20,21,22). The number of hydrogen-bond donors (Lipinski definition) is 2. The second kappa shape index (κ2) is 8.70. The summed E-state index contributed by atoms with van der Waals surface area (Å²) in [5, 5.41) is 5.91. The Labute approximate surface area is 151 Å². The third-order valence-electron chi connectivity index (χ3n) is 5.03. The molecule has 0 heterocycles. The van der Waals surface area contributed by atoms with Crippen LogP contribution >= 0.6 is 0 Å². The molecule has 25 heavy (non-hydrogen) atoms. The van der Waals surface area contributed by atoms with Crippen LogP contribution in [0.3, 0.4) is 0 Å². The number of benzene rings is 1. The van der Waals surface area contributed by atoms with Gasteiger partial charge in [0, 0.05) is 18.8 Å². The summed E-state index contributed by atoms with van der Waals surface area (Å²) < 4.78 is 23.1. The number of sulfone groups is 1. The number of urea groups is 1. The second-order valence-corrected chi connectivity index (χ2v) is 9.66. The fourth-order valence-electron chi connectivity index (χ4n) is 3.50. The molecule has 1 aliphatic carbocycles. The van der Waals surface area contributed by atoms with Crippen molar-refractivity contribution in [3.8, 4) is 0 Å². The first-order valence-electron chi connectivity index (χ1n) is 9.03. The van der Waals surface area contributed by atoms with Gasteiger partial charge in [0.1, 0.15) is 0 Å². The summed E-state index contributed by atoms with van der Waals surface area (Å²) in [7, 11) is -3.10. The first-order chi connectivity index (χ1) is 11.7. The first-order valence-corrected chi connectivity index (χ1v) is 11.1. The maximum atomic E-state index is 12.2. The molecule has 0 spiro atoms. The van der Waals surface area contributed by atoms with Crippen LogP contribution in [0.25, 0.3) is 0 Å². The fourth-order valence-corrected chi connectivity index (χ4v) is 4.34. The Hall–Kier alpha value is -1.56. The molecule has 0 radical (unpaired) electrons. The summed E-state index contributed by atoms with van der Waals surface area (Å²) in [6.07, 6.45) is 5.61. The van der Waals surface area contributed by atoms with Crippen LogP contribution in [0.15, 0.2) is 24.3 Å². The summed E-state index contributed by atoms with van der Waals surface area (Å²) in [6.45, 7) is 4.86. The van der Waals surface area contributed by atoms with Crippen LogP contribution in [0, 0.1) is 11.8 Å². The largest absolute Gasteiger partial charge is 0.335 e. The SMILES string of the molecule is CC(C)C1CCC(NC(=O)NCc2ccccc2CS(C)(=O)=O)CC1. The molecule has 0 aromatic heterocycles. The summed E-state index contributed by atoms with van der Waals surface area (Å²) in [4.78, 5) is 12.2. The molecule has 0 unspecified atom stereocenters. The van der Waals surface area contributed by atoms with Crippen molar-refractivity contribution >= 4 is 15.9 Å². The quantitative estimate of drug-likeness (QED) is 0.811. The maximum Gasteiger partial charge on any atom is 0.315 e. The van der Waals surface area contributed by atoms with Crippen LogP contribution in [0.4, 0.5) is 4.79 Å². The highest BCUT2D eigenvalue weighted by Gasteiger charge is 2.24.